The SMILES string of the molecule is CCCCC(C)(C)OC(=O)c1ccccc1OC(=O)CCCCC(=O)Oc1ccccc1C(=O)OC(C)(C)CC. The molecule has 40 heavy (non-hydrogen) atoms. The Kier molecular flexibility index (Phi) is 12.4. The summed E-state index contributed by atoms with van der Waals surface area (Å²) in [6.07, 6.45) is 4.13. The maximum atomic E-state index is 12.8. The fourth-order valence-corrected chi connectivity index (χ4v) is 3.67. The normalized spacial score (nSPS) is 11.4. The Bertz CT molecular complexity index is 1170. The second kappa shape index (κ2) is 15.2. The molecule has 0 radical (unpaired) electrons. The van der Waals surface area contributed by atoms with Crippen LogP contribution in [0.15, 0.2) is 48.5 Å². The Morgan fingerprint density at radius 3 is 1.48 bits per heavy atom. The highest BCUT2D eigenvalue weighted by atomic mass is 16.6. The summed E-state index contributed by atoms with van der Waals surface area (Å²) in [4.78, 5) is 50.2. The third-order valence-electron chi connectivity index (χ3n) is 6.40. The molecule has 0 aliphatic rings. The molecule has 218 valence electrons. The minimum Gasteiger partial charge on any atom is -0.456 e. The molecule has 0 N–H and O–H groups in total. The quantitative estimate of drug-likeness (QED) is 0.129. The van der Waals surface area contributed by atoms with Gasteiger partial charge in [0.25, 0.3) is 0 Å². The van der Waals surface area contributed by atoms with Gasteiger partial charge in [0.2, 0.25) is 0 Å². The van der Waals surface area contributed by atoms with Crippen molar-refractivity contribution in [1.29, 1.82) is 0 Å². The van der Waals surface area contributed by atoms with Crippen molar-refractivity contribution in [2.24, 2.45) is 0 Å². The fourth-order valence-electron chi connectivity index (χ4n) is 3.67. The standard InChI is InChI=1S/C32H42O8/c1-7-9-22-32(5,6)40-30(36)24-17-11-13-19-26(24)38-28(34)21-15-14-20-27(33)37-25-18-12-10-16-23(25)29(35)39-31(3,4)8-2/h10-13,16-19H,7-9,14-15,20-22H2,1-6H3. The second-order valence-corrected chi connectivity index (χ2v) is 10.9. The van der Waals surface area contributed by atoms with Crippen LogP contribution in [-0.2, 0) is 19.1 Å². The van der Waals surface area contributed by atoms with E-state index in [9.17, 15) is 19.2 Å². The lowest BCUT2D eigenvalue weighted by Gasteiger charge is -2.25. The molecule has 0 atom stereocenters. The van der Waals surface area contributed by atoms with E-state index in [-0.39, 0.29) is 35.5 Å². The number of unbranched alkanes of at least 4 members (excludes halogenated alkanes) is 2. The minimum absolute atomic E-state index is 0.0485. The lowest BCUT2D eigenvalue weighted by molar-refractivity contribution is -0.136. The maximum absolute atomic E-state index is 12.8. The summed E-state index contributed by atoms with van der Waals surface area (Å²) in [5.74, 6) is -1.89. The molecule has 0 bridgehead atoms. The van der Waals surface area contributed by atoms with Crippen LogP contribution >= 0.6 is 0 Å². The van der Waals surface area contributed by atoms with Crippen LogP contribution in [-0.4, -0.2) is 35.1 Å². The summed E-state index contributed by atoms with van der Waals surface area (Å²) in [6, 6.07) is 12.9. The van der Waals surface area contributed by atoms with Crippen molar-refractivity contribution in [2.75, 3.05) is 0 Å². The van der Waals surface area contributed by atoms with Gasteiger partial charge in [-0.05, 0) is 84.1 Å². The number of hydrogen-bond acceptors (Lipinski definition) is 8. The van der Waals surface area contributed by atoms with Crippen molar-refractivity contribution in [3.8, 4) is 11.5 Å². The van der Waals surface area contributed by atoms with Gasteiger partial charge in [0.1, 0.15) is 33.8 Å². The molecule has 0 aliphatic carbocycles. The number of para-hydroxylation sites is 2. The molecule has 0 saturated heterocycles. The average molecular weight is 555 g/mol. The first-order valence-corrected chi connectivity index (χ1v) is 13.9. The van der Waals surface area contributed by atoms with E-state index in [0.29, 0.717) is 19.3 Å². The van der Waals surface area contributed by atoms with Crippen LogP contribution in [0.4, 0.5) is 0 Å². The number of ether oxygens (including phenoxy) is 4. The zero-order chi connectivity index (χ0) is 29.8. The molecule has 0 fully saturated rings. The molecule has 0 aliphatic heterocycles. The van der Waals surface area contributed by atoms with Crippen LogP contribution in [0.1, 0.15) is 114 Å². The molecule has 2 aromatic carbocycles. The summed E-state index contributed by atoms with van der Waals surface area (Å²) in [5.41, 5.74) is -0.920. The van der Waals surface area contributed by atoms with Gasteiger partial charge in [-0.1, -0.05) is 44.5 Å². The molecular formula is C32H42O8. The second-order valence-electron chi connectivity index (χ2n) is 10.9. The Hall–Kier alpha value is -3.68. The van der Waals surface area contributed by atoms with Gasteiger partial charge < -0.3 is 18.9 Å². The van der Waals surface area contributed by atoms with Crippen LogP contribution in [0.3, 0.4) is 0 Å². The first kappa shape index (κ1) is 32.5. The van der Waals surface area contributed by atoms with Crippen LogP contribution < -0.4 is 9.47 Å². The van der Waals surface area contributed by atoms with Gasteiger partial charge in [0.15, 0.2) is 0 Å². The van der Waals surface area contributed by atoms with E-state index in [1.807, 2.05) is 34.6 Å². The molecule has 0 unspecified atom stereocenters. The van der Waals surface area contributed by atoms with Gasteiger partial charge in [0.05, 0.1) is 0 Å². The molecule has 0 saturated carbocycles. The van der Waals surface area contributed by atoms with E-state index in [4.69, 9.17) is 18.9 Å². The summed E-state index contributed by atoms with van der Waals surface area (Å²) >= 11 is 0. The van der Waals surface area contributed by atoms with Crippen molar-refractivity contribution in [2.45, 2.75) is 104 Å². The van der Waals surface area contributed by atoms with Gasteiger partial charge in [-0.25, -0.2) is 9.59 Å². The fraction of sp³-hybridized carbons (Fsp3) is 0.500. The van der Waals surface area contributed by atoms with Crippen molar-refractivity contribution in [3.05, 3.63) is 59.7 Å². The lowest BCUT2D eigenvalue weighted by Crippen LogP contribution is -2.28. The molecule has 8 nitrogen and oxygen atoms in total. The summed E-state index contributed by atoms with van der Waals surface area (Å²) in [6.45, 7) is 11.3. The molecule has 2 aromatic rings. The molecular weight excluding hydrogens is 512 g/mol. The smallest absolute Gasteiger partial charge is 0.342 e. The Balaban J connectivity index is 1.86. The van der Waals surface area contributed by atoms with Gasteiger partial charge in [-0.15, -0.1) is 0 Å². The summed E-state index contributed by atoms with van der Waals surface area (Å²) in [7, 11) is 0. The topological polar surface area (TPSA) is 105 Å². The van der Waals surface area contributed by atoms with Crippen molar-refractivity contribution in [3.63, 3.8) is 0 Å². The van der Waals surface area contributed by atoms with E-state index < -0.39 is 35.1 Å². The Morgan fingerprint density at radius 1 is 0.625 bits per heavy atom. The number of benzene rings is 2. The number of esters is 4. The number of carbonyl (C=O) groups is 4. The van der Waals surface area contributed by atoms with Crippen LogP contribution in [0, 0.1) is 0 Å². The highest BCUT2D eigenvalue weighted by Crippen LogP contribution is 2.26. The van der Waals surface area contributed by atoms with Gasteiger partial charge in [-0.3, -0.25) is 9.59 Å². The van der Waals surface area contributed by atoms with Crippen LogP contribution in [0.5, 0.6) is 11.5 Å². The third-order valence-corrected chi connectivity index (χ3v) is 6.40. The lowest BCUT2D eigenvalue weighted by atomic mass is 10.0. The number of rotatable bonds is 15. The van der Waals surface area contributed by atoms with Gasteiger partial charge in [-0.2, -0.15) is 0 Å². The van der Waals surface area contributed by atoms with E-state index in [1.165, 1.54) is 6.07 Å². The van der Waals surface area contributed by atoms with E-state index in [0.717, 1.165) is 19.3 Å². The van der Waals surface area contributed by atoms with E-state index in [1.54, 1.807) is 42.5 Å². The van der Waals surface area contributed by atoms with Crippen LogP contribution in [0.2, 0.25) is 0 Å². The third kappa shape index (κ3) is 10.8. The Morgan fingerprint density at radius 2 is 1.05 bits per heavy atom. The number of hydrogen-bond donors (Lipinski definition) is 0. The molecule has 2 rings (SSSR count). The highest BCUT2D eigenvalue weighted by molar-refractivity contribution is 5.94. The van der Waals surface area contributed by atoms with E-state index >= 15 is 0 Å². The Labute approximate surface area is 237 Å². The zero-order valence-corrected chi connectivity index (χ0v) is 24.5. The number of carbonyl (C=O) groups excluding carboxylic acids is 4. The zero-order valence-electron chi connectivity index (χ0n) is 24.5. The first-order chi connectivity index (χ1) is 18.9. The monoisotopic (exact) mass is 554 g/mol. The minimum atomic E-state index is -0.644. The predicted octanol–water partition coefficient (Wildman–Crippen LogP) is 7.23. The average Bonchev–Trinajstić information content (AvgIpc) is 2.90. The maximum Gasteiger partial charge on any atom is 0.342 e. The largest absolute Gasteiger partial charge is 0.456 e. The van der Waals surface area contributed by atoms with E-state index in [2.05, 4.69) is 6.92 Å². The first-order valence-electron chi connectivity index (χ1n) is 13.9. The van der Waals surface area contributed by atoms with Crippen molar-refractivity contribution < 1.29 is 38.1 Å². The molecule has 0 amide bonds. The molecule has 0 heterocycles. The van der Waals surface area contributed by atoms with Gasteiger partial charge >= 0.3 is 23.9 Å². The summed E-state index contributed by atoms with van der Waals surface area (Å²) in [5, 5.41) is 0. The highest BCUT2D eigenvalue weighted by Gasteiger charge is 2.26. The van der Waals surface area contributed by atoms with Crippen molar-refractivity contribution in [1.82, 2.24) is 0 Å². The van der Waals surface area contributed by atoms with Crippen LogP contribution in [0.25, 0.3) is 0 Å². The van der Waals surface area contributed by atoms with Crippen molar-refractivity contribution >= 4 is 23.9 Å². The predicted molar refractivity (Wildman–Crippen MR) is 151 cm³/mol. The molecule has 0 aromatic heterocycles. The summed E-state index contributed by atoms with van der Waals surface area (Å²) < 4.78 is 22.0. The molecule has 0 spiro atoms. The molecule has 8 heteroatoms. The van der Waals surface area contributed by atoms with Gasteiger partial charge in [0, 0.05) is 12.8 Å².